The minimum absolute atomic E-state index is 0.113. The van der Waals surface area contributed by atoms with Gasteiger partial charge < -0.3 is 15.5 Å². The van der Waals surface area contributed by atoms with Crippen LogP contribution < -0.4 is 5.32 Å². The minimum Gasteiger partial charge on any atom is -0.505 e. The normalized spacial score (nSPS) is 10.6. The van der Waals surface area contributed by atoms with E-state index in [1.165, 1.54) is 18.2 Å². The first kappa shape index (κ1) is 16.0. The number of carboxylic acid groups (broad SMARTS) is 1. The van der Waals surface area contributed by atoms with E-state index in [4.69, 9.17) is 5.11 Å². The number of carbonyl (C=O) groups excluding carboxylic acids is 1. The summed E-state index contributed by atoms with van der Waals surface area (Å²) < 4.78 is 0. The topological polar surface area (TPSA) is 86.6 Å². The van der Waals surface area contributed by atoms with Gasteiger partial charge in [-0.05, 0) is 25.0 Å². The number of nitrogens with one attached hydrogen (secondary N) is 1. The molecule has 110 valence electrons. The van der Waals surface area contributed by atoms with Crippen molar-refractivity contribution >= 4 is 17.6 Å². The van der Waals surface area contributed by atoms with E-state index in [1.807, 2.05) is 13.8 Å². The second-order valence-corrected chi connectivity index (χ2v) is 4.77. The molecule has 0 bridgehead atoms. The zero-order valence-electron chi connectivity index (χ0n) is 11.8. The lowest BCUT2D eigenvalue weighted by Gasteiger charge is -2.16. The highest BCUT2D eigenvalue weighted by molar-refractivity contribution is 5.98. The second kappa shape index (κ2) is 7.53. The molecule has 0 fully saturated rings. The van der Waals surface area contributed by atoms with E-state index < -0.39 is 11.7 Å². The lowest BCUT2D eigenvalue weighted by atomic mass is 9.97. The summed E-state index contributed by atoms with van der Waals surface area (Å²) in [6.07, 6.45) is 3.36. The van der Waals surface area contributed by atoms with Gasteiger partial charge in [0.15, 0.2) is 5.75 Å². The SMILES string of the molecule is CCCC(CCC)C(=O)Nc1cccc(C(=O)O)c1O. The Hall–Kier alpha value is -2.04. The van der Waals surface area contributed by atoms with E-state index in [9.17, 15) is 14.7 Å². The summed E-state index contributed by atoms with van der Waals surface area (Å²) in [5.74, 6) is -1.92. The number of amides is 1. The molecule has 0 heterocycles. The summed E-state index contributed by atoms with van der Waals surface area (Å²) >= 11 is 0. The van der Waals surface area contributed by atoms with Crippen molar-refractivity contribution in [3.05, 3.63) is 23.8 Å². The van der Waals surface area contributed by atoms with Crippen LogP contribution in [0.5, 0.6) is 5.75 Å². The number of carboxylic acids is 1. The molecule has 1 aromatic carbocycles. The number of hydrogen-bond acceptors (Lipinski definition) is 3. The van der Waals surface area contributed by atoms with Crippen LogP contribution in [-0.4, -0.2) is 22.1 Å². The molecule has 0 aliphatic rings. The van der Waals surface area contributed by atoms with Crippen molar-refractivity contribution in [2.75, 3.05) is 5.32 Å². The van der Waals surface area contributed by atoms with Gasteiger partial charge in [-0.1, -0.05) is 32.8 Å². The Labute approximate surface area is 118 Å². The van der Waals surface area contributed by atoms with Gasteiger partial charge in [0.2, 0.25) is 5.91 Å². The summed E-state index contributed by atoms with van der Waals surface area (Å²) in [6.45, 7) is 4.02. The summed E-state index contributed by atoms with van der Waals surface area (Å²) in [7, 11) is 0. The summed E-state index contributed by atoms with van der Waals surface area (Å²) in [5.41, 5.74) is -0.0718. The van der Waals surface area contributed by atoms with Crippen LogP contribution in [0.2, 0.25) is 0 Å². The molecule has 5 heteroatoms. The standard InChI is InChI=1S/C15H21NO4/c1-3-6-10(7-4-2)14(18)16-12-9-5-8-11(13(12)17)15(19)20/h5,8-10,17H,3-4,6-7H2,1-2H3,(H,16,18)(H,19,20). The van der Waals surface area contributed by atoms with Crippen molar-refractivity contribution in [3.63, 3.8) is 0 Å². The Balaban J connectivity index is 2.89. The van der Waals surface area contributed by atoms with Crippen molar-refractivity contribution in [2.45, 2.75) is 39.5 Å². The molecule has 0 aliphatic carbocycles. The molecule has 0 spiro atoms. The number of anilines is 1. The lowest BCUT2D eigenvalue weighted by Crippen LogP contribution is -2.23. The van der Waals surface area contributed by atoms with Gasteiger partial charge in [-0.15, -0.1) is 0 Å². The fourth-order valence-electron chi connectivity index (χ4n) is 2.16. The number of rotatable bonds is 7. The van der Waals surface area contributed by atoms with Crippen molar-refractivity contribution < 1.29 is 19.8 Å². The van der Waals surface area contributed by atoms with E-state index in [-0.39, 0.29) is 23.1 Å². The zero-order valence-corrected chi connectivity index (χ0v) is 11.8. The van der Waals surface area contributed by atoms with E-state index in [1.54, 1.807) is 0 Å². The van der Waals surface area contributed by atoms with E-state index in [2.05, 4.69) is 5.32 Å². The van der Waals surface area contributed by atoms with Crippen molar-refractivity contribution in [2.24, 2.45) is 5.92 Å². The molecule has 0 atom stereocenters. The van der Waals surface area contributed by atoms with Gasteiger partial charge in [0.1, 0.15) is 5.56 Å². The minimum atomic E-state index is -1.22. The number of carbonyl (C=O) groups is 2. The van der Waals surface area contributed by atoms with E-state index >= 15 is 0 Å². The number of phenols is 1. The zero-order chi connectivity index (χ0) is 15.1. The predicted molar refractivity (Wildman–Crippen MR) is 77.0 cm³/mol. The number of hydrogen-bond donors (Lipinski definition) is 3. The maximum Gasteiger partial charge on any atom is 0.339 e. The molecule has 0 aliphatic heterocycles. The van der Waals surface area contributed by atoms with Gasteiger partial charge in [-0.2, -0.15) is 0 Å². The van der Waals surface area contributed by atoms with Crippen molar-refractivity contribution in [3.8, 4) is 5.75 Å². The first-order chi connectivity index (χ1) is 9.51. The highest BCUT2D eigenvalue weighted by Crippen LogP contribution is 2.28. The first-order valence-electron chi connectivity index (χ1n) is 6.87. The van der Waals surface area contributed by atoms with Crippen LogP contribution in [0.15, 0.2) is 18.2 Å². The maximum atomic E-state index is 12.2. The third kappa shape index (κ3) is 3.98. The molecule has 3 N–H and O–H groups in total. The second-order valence-electron chi connectivity index (χ2n) is 4.77. The molecule has 0 saturated carbocycles. The third-order valence-electron chi connectivity index (χ3n) is 3.17. The van der Waals surface area contributed by atoms with Crippen LogP contribution in [-0.2, 0) is 4.79 Å². The summed E-state index contributed by atoms with van der Waals surface area (Å²) in [5, 5.41) is 21.4. The smallest absolute Gasteiger partial charge is 0.339 e. The van der Waals surface area contributed by atoms with Crippen LogP contribution in [0.3, 0.4) is 0 Å². The summed E-state index contributed by atoms with van der Waals surface area (Å²) in [4.78, 5) is 23.1. The Morgan fingerprint density at radius 2 is 1.80 bits per heavy atom. The average Bonchev–Trinajstić information content (AvgIpc) is 2.40. The molecule has 20 heavy (non-hydrogen) atoms. The molecule has 5 nitrogen and oxygen atoms in total. The van der Waals surface area contributed by atoms with Gasteiger partial charge in [-0.25, -0.2) is 4.79 Å². The van der Waals surface area contributed by atoms with E-state index in [0.29, 0.717) is 0 Å². The molecule has 0 saturated heterocycles. The Morgan fingerprint density at radius 3 is 2.30 bits per heavy atom. The average molecular weight is 279 g/mol. The number of para-hydroxylation sites is 1. The molecule has 1 aromatic rings. The summed E-state index contributed by atoms with van der Waals surface area (Å²) in [6, 6.07) is 4.28. The Kier molecular flexibility index (Phi) is 6.03. The van der Waals surface area contributed by atoms with Gasteiger partial charge in [0.05, 0.1) is 5.69 Å². The van der Waals surface area contributed by atoms with Crippen LogP contribution >= 0.6 is 0 Å². The van der Waals surface area contributed by atoms with Crippen molar-refractivity contribution in [1.82, 2.24) is 0 Å². The van der Waals surface area contributed by atoms with Crippen LogP contribution in [0.1, 0.15) is 49.9 Å². The van der Waals surface area contributed by atoms with Gasteiger partial charge in [0, 0.05) is 5.92 Å². The van der Waals surface area contributed by atoms with Crippen LogP contribution in [0, 0.1) is 5.92 Å². The van der Waals surface area contributed by atoms with Gasteiger partial charge in [-0.3, -0.25) is 4.79 Å². The molecule has 1 amide bonds. The Morgan fingerprint density at radius 1 is 1.20 bits per heavy atom. The number of aromatic hydroxyl groups is 1. The van der Waals surface area contributed by atoms with Gasteiger partial charge in [0.25, 0.3) is 0 Å². The molecular formula is C15H21NO4. The monoisotopic (exact) mass is 279 g/mol. The lowest BCUT2D eigenvalue weighted by molar-refractivity contribution is -0.120. The largest absolute Gasteiger partial charge is 0.505 e. The first-order valence-corrected chi connectivity index (χ1v) is 6.87. The number of aromatic carboxylic acids is 1. The third-order valence-corrected chi connectivity index (χ3v) is 3.17. The molecular weight excluding hydrogens is 258 g/mol. The van der Waals surface area contributed by atoms with Crippen molar-refractivity contribution in [1.29, 1.82) is 0 Å². The fourth-order valence-corrected chi connectivity index (χ4v) is 2.16. The maximum absolute atomic E-state index is 12.2. The van der Waals surface area contributed by atoms with Crippen LogP contribution in [0.4, 0.5) is 5.69 Å². The van der Waals surface area contributed by atoms with Gasteiger partial charge >= 0.3 is 5.97 Å². The molecule has 0 unspecified atom stereocenters. The number of benzene rings is 1. The molecule has 0 aromatic heterocycles. The molecule has 0 radical (unpaired) electrons. The predicted octanol–water partition coefficient (Wildman–Crippen LogP) is 3.25. The highest BCUT2D eigenvalue weighted by atomic mass is 16.4. The quantitative estimate of drug-likeness (QED) is 0.669. The van der Waals surface area contributed by atoms with Crippen LogP contribution in [0.25, 0.3) is 0 Å². The fraction of sp³-hybridized carbons (Fsp3) is 0.467. The Bertz CT molecular complexity index is 479. The van der Waals surface area contributed by atoms with E-state index in [0.717, 1.165) is 25.7 Å². The highest BCUT2D eigenvalue weighted by Gasteiger charge is 2.19. The molecule has 1 rings (SSSR count).